The highest BCUT2D eigenvalue weighted by atomic mass is 16.2. The number of hydrogen-bond donors (Lipinski definition) is 2. The molecule has 0 spiro atoms. The number of carbonyl (C=O) groups is 2. The van der Waals surface area contributed by atoms with E-state index in [2.05, 4.69) is 54.0 Å². The first-order valence-corrected chi connectivity index (χ1v) is 11.9. The number of hydrogen-bond acceptors (Lipinski definition) is 3. The van der Waals surface area contributed by atoms with E-state index in [4.69, 9.17) is 0 Å². The zero-order valence-electron chi connectivity index (χ0n) is 18.7. The van der Waals surface area contributed by atoms with Gasteiger partial charge in [0.05, 0.1) is 5.41 Å². The van der Waals surface area contributed by atoms with E-state index < -0.39 is 5.41 Å². The highest BCUT2D eigenvalue weighted by molar-refractivity contribution is 5.87. The smallest absolute Gasteiger partial charge is 0.320 e. The molecule has 6 heteroatoms. The second-order valence-corrected chi connectivity index (χ2v) is 9.15. The van der Waals surface area contributed by atoms with Crippen molar-refractivity contribution in [3.05, 3.63) is 47.6 Å². The van der Waals surface area contributed by atoms with Crippen LogP contribution in [0.1, 0.15) is 45.4 Å². The van der Waals surface area contributed by atoms with Crippen LogP contribution in [0.25, 0.3) is 0 Å². The molecule has 0 aromatic carbocycles. The van der Waals surface area contributed by atoms with E-state index in [0.29, 0.717) is 25.9 Å². The van der Waals surface area contributed by atoms with E-state index in [-0.39, 0.29) is 18.0 Å². The molecule has 4 rings (SSSR count). The molecule has 2 aliphatic carbocycles. The molecule has 0 unspecified atom stereocenters. The third-order valence-corrected chi connectivity index (χ3v) is 7.29. The second-order valence-electron chi connectivity index (χ2n) is 9.15. The number of allylic oxidation sites excluding steroid dienone is 6. The van der Waals surface area contributed by atoms with Gasteiger partial charge in [-0.1, -0.05) is 42.0 Å². The number of urea groups is 1. The minimum Gasteiger partial charge on any atom is -0.349 e. The van der Waals surface area contributed by atoms with Gasteiger partial charge < -0.3 is 20.4 Å². The summed E-state index contributed by atoms with van der Waals surface area (Å²) in [7, 11) is 0. The van der Waals surface area contributed by atoms with Crippen LogP contribution in [0.2, 0.25) is 0 Å². The van der Waals surface area contributed by atoms with Crippen molar-refractivity contribution in [1.82, 2.24) is 20.4 Å². The molecule has 0 saturated carbocycles. The van der Waals surface area contributed by atoms with Crippen LogP contribution < -0.4 is 10.6 Å². The number of nitrogens with zero attached hydrogens (tertiary/aromatic N) is 2. The molecule has 0 bridgehead atoms. The molecule has 2 N–H and O–H groups in total. The Hall–Kier alpha value is -2.34. The van der Waals surface area contributed by atoms with Gasteiger partial charge in [0.25, 0.3) is 0 Å². The molecular formula is C25H36N4O2. The van der Waals surface area contributed by atoms with Crippen molar-refractivity contribution in [3.63, 3.8) is 0 Å². The van der Waals surface area contributed by atoms with Gasteiger partial charge in [-0.2, -0.15) is 0 Å². The Morgan fingerprint density at radius 1 is 0.968 bits per heavy atom. The van der Waals surface area contributed by atoms with Crippen LogP contribution >= 0.6 is 0 Å². The molecule has 168 valence electrons. The van der Waals surface area contributed by atoms with E-state index in [1.54, 1.807) is 0 Å². The lowest BCUT2D eigenvalue weighted by Crippen LogP contribution is -2.56. The van der Waals surface area contributed by atoms with Crippen LogP contribution in [-0.2, 0) is 4.79 Å². The molecule has 0 radical (unpaired) electrons. The van der Waals surface area contributed by atoms with E-state index in [1.165, 1.54) is 11.1 Å². The van der Waals surface area contributed by atoms with Crippen LogP contribution in [0.3, 0.4) is 0 Å². The Labute approximate surface area is 186 Å². The maximum absolute atomic E-state index is 13.7. The summed E-state index contributed by atoms with van der Waals surface area (Å²) < 4.78 is 0. The van der Waals surface area contributed by atoms with Crippen molar-refractivity contribution < 1.29 is 9.59 Å². The Morgan fingerprint density at radius 3 is 2.23 bits per heavy atom. The molecular weight excluding hydrogens is 388 g/mol. The number of rotatable bonds is 4. The number of piperidine rings is 1. The fourth-order valence-electron chi connectivity index (χ4n) is 5.24. The zero-order chi connectivity index (χ0) is 21.7. The van der Waals surface area contributed by atoms with E-state index in [1.807, 2.05) is 9.80 Å². The summed E-state index contributed by atoms with van der Waals surface area (Å²) in [5, 5.41) is 6.64. The topological polar surface area (TPSA) is 64.7 Å². The van der Waals surface area contributed by atoms with E-state index in [9.17, 15) is 9.59 Å². The molecule has 1 atom stereocenters. The van der Waals surface area contributed by atoms with Gasteiger partial charge >= 0.3 is 6.03 Å². The molecule has 2 fully saturated rings. The third-order valence-electron chi connectivity index (χ3n) is 7.29. The van der Waals surface area contributed by atoms with Crippen LogP contribution in [0.4, 0.5) is 4.79 Å². The fraction of sp³-hybridized carbons (Fsp3) is 0.600. The second kappa shape index (κ2) is 9.86. The molecule has 6 nitrogen and oxygen atoms in total. The summed E-state index contributed by atoms with van der Waals surface area (Å²) >= 11 is 0. The average Bonchev–Trinajstić information content (AvgIpc) is 2.85. The molecule has 0 aromatic heterocycles. The van der Waals surface area contributed by atoms with Crippen molar-refractivity contribution in [2.24, 2.45) is 5.41 Å². The summed E-state index contributed by atoms with van der Waals surface area (Å²) in [4.78, 5) is 30.6. The van der Waals surface area contributed by atoms with Crippen LogP contribution in [-0.4, -0.2) is 67.0 Å². The standard InChI is InChI=1S/C25H36N4O2/c1-20(21-8-4-2-5-9-21)27-23(30)25(22-10-6-3-7-11-22)12-16-28(17-13-25)24(31)29-18-14-26-15-19-29/h2-4,6,8,10,20,26H,5,7,9,11-19H2,1H3,(H,27,30)/t20-/m0/s1. The predicted molar refractivity (Wildman–Crippen MR) is 124 cm³/mol. The van der Waals surface area contributed by atoms with Crippen LogP contribution in [0.15, 0.2) is 47.6 Å². The highest BCUT2D eigenvalue weighted by Crippen LogP contribution is 2.42. The number of likely N-dealkylation sites (tertiary alicyclic amines) is 1. The number of nitrogens with one attached hydrogen (secondary N) is 2. The maximum Gasteiger partial charge on any atom is 0.320 e. The predicted octanol–water partition coefficient (Wildman–Crippen LogP) is 3.15. The third kappa shape index (κ3) is 4.79. The van der Waals surface area contributed by atoms with Gasteiger partial charge in [0, 0.05) is 45.3 Å². The van der Waals surface area contributed by atoms with Gasteiger partial charge in [0.15, 0.2) is 0 Å². The highest BCUT2D eigenvalue weighted by Gasteiger charge is 2.45. The number of amides is 3. The first kappa shape index (κ1) is 21.9. The van der Waals surface area contributed by atoms with Gasteiger partial charge in [-0.15, -0.1) is 0 Å². The maximum atomic E-state index is 13.7. The van der Waals surface area contributed by atoms with Crippen molar-refractivity contribution >= 4 is 11.9 Å². The first-order chi connectivity index (χ1) is 15.1. The SMILES string of the molecule is C[C@H](NC(=O)C1(C2=CC=CCC2)CCN(C(=O)N2CCNCC2)CC1)C1=CC=CCC1. The Balaban J connectivity index is 1.47. The van der Waals surface area contributed by atoms with Crippen LogP contribution in [0.5, 0.6) is 0 Å². The normalized spacial score (nSPS) is 24.3. The Bertz CT molecular complexity index is 796. The van der Waals surface area contributed by atoms with Crippen molar-refractivity contribution in [3.8, 4) is 0 Å². The molecule has 2 heterocycles. The van der Waals surface area contributed by atoms with Crippen LogP contribution in [0, 0.1) is 5.41 Å². The zero-order valence-corrected chi connectivity index (χ0v) is 18.7. The molecule has 4 aliphatic rings. The first-order valence-electron chi connectivity index (χ1n) is 11.9. The number of piperazine rings is 1. The van der Waals surface area contributed by atoms with Crippen molar-refractivity contribution in [2.45, 2.75) is 51.5 Å². The average molecular weight is 425 g/mol. The molecule has 2 aliphatic heterocycles. The minimum atomic E-state index is -0.510. The lowest BCUT2D eigenvalue weighted by atomic mass is 9.69. The molecule has 3 amide bonds. The lowest BCUT2D eigenvalue weighted by Gasteiger charge is -2.44. The summed E-state index contributed by atoms with van der Waals surface area (Å²) in [6, 6.07) is 0.162. The number of carbonyl (C=O) groups excluding carboxylic acids is 2. The van der Waals surface area contributed by atoms with Gasteiger partial charge in [-0.25, -0.2) is 4.79 Å². The summed E-state index contributed by atoms with van der Waals surface area (Å²) in [5.41, 5.74) is 2.01. The largest absolute Gasteiger partial charge is 0.349 e. The fourth-order valence-corrected chi connectivity index (χ4v) is 5.24. The molecule has 2 saturated heterocycles. The molecule has 31 heavy (non-hydrogen) atoms. The summed E-state index contributed by atoms with van der Waals surface area (Å²) in [6.07, 6.45) is 18.1. The minimum absolute atomic E-state index is 0.0366. The van der Waals surface area contributed by atoms with Gasteiger partial charge in [-0.05, 0) is 51.0 Å². The van der Waals surface area contributed by atoms with Crippen molar-refractivity contribution in [2.75, 3.05) is 39.3 Å². The van der Waals surface area contributed by atoms with Gasteiger partial charge in [0.2, 0.25) is 5.91 Å². The van der Waals surface area contributed by atoms with Gasteiger partial charge in [-0.3, -0.25) is 4.79 Å². The van der Waals surface area contributed by atoms with Gasteiger partial charge in [0.1, 0.15) is 0 Å². The Kier molecular flexibility index (Phi) is 6.96. The van der Waals surface area contributed by atoms with E-state index >= 15 is 0 Å². The quantitative estimate of drug-likeness (QED) is 0.729. The van der Waals surface area contributed by atoms with E-state index in [0.717, 1.165) is 51.9 Å². The monoisotopic (exact) mass is 424 g/mol. The summed E-state index contributed by atoms with van der Waals surface area (Å²) in [5.74, 6) is 0.131. The summed E-state index contributed by atoms with van der Waals surface area (Å²) in [6.45, 7) is 6.60. The Morgan fingerprint density at radius 2 is 1.61 bits per heavy atom. The molecule has 0 aromatic rings. The lowest BCUT2D eigenvalue weighted by molar-refractivity contribution is -0.131. The van der Waals surface area contributed by atoms with Crippen molar-refractivity contribution in [1.29, 1.82) is 0 Å².